The molecule has 0 heterocycles. The molecule has 3 heteroatoms. The highest BCUT2D eigenvalue weighted by molar-refractivity contribution is 5.96. The van der Waals surface area contributed by atoms with Crippen LogP contribution in [-0.4, -0.2) is 10.9 Å². The number of benzene rings is 1. The van der Waals surface area contributed by atoms with Gasteiger partial charge in [-0.2, -0.15) is 5.26 Å². The summed E-state index contributed by atoms with van der Waals surface area (Å²) < 4.78 is 0. The number of nitriles is 1. The van der Waals surface area contributed by atoms with E-state index in [1.54, 1.807) is 6.92 Å². The second kappa shape index (κ2) is 3.28. The van der Waals surface area contributed by atoms with Crippen molar-refractivity contribution in [2.75, 3.05) is 0 Å². The predicted octanol–water partition coefficient (Wildman–Crippen LogP) is 1.77. The number of aromatic hydroxyl groups is 1. The normalized spacial score (nSPS) is 9.31. The summed E-state index contributed by atoms with van der Waals surface area (Å²) in [6.07, 6.45) is 0. The Bertz CT molecular complexity index is 402. The first kappa shape index (κ1) is 9.27. The maximum Gasteiger partial charge on any atom is 0.160 e. The van der Waals surface area contributed by atoms with Crippen molar-refractivity contribution in [3.05, 3.63) is 28.8 Å². The van der Waals surface area contributed by atoms with Crippen LogP contribution in [0.2, 0.25) is 0 Å². The van der Waals surface area contributed by atoms with Crippen molar-refractivity contribution in [1.82, 2.24) is 0 Å². The SMILES string of the molecule is CC(=O)c1cc(C#N)cc(O)c1C. The molecule has 0 bridgehead atoms. The molecule has 0 fully saturated rings. The number of hydrogen-bond acceptors (Lipinski definition) is 3. The molecule has 0 amide bonds. The van der Waals surface area contributed by atoms with Crippen molar-refractivity contribution in [2.24, 2.45) is 0 Å². The number of carbonyl (C=O) groups excluding carboxylic acids is 1. The Morgan fingerprint density at radius 3 is 2.62 bits per heavy atom. The summed E-state index contributed by atoms with van der Waals surface area (Å²) in [4.78, 5) is 11.1. The largest absolute Gasteiger partial charge is 0.508 e. The first-order valence-corrected chi connectivity index (χ1v) is 3.81. The van der Waals surface area contributed by atoms with E-state index in [4.69, 9.17) is 5.26 Å². The van der Waals surface area contributed by atoms with Crippen LogP contribution in [0.5, 0.6) is 5.75 Å². The summed E-state index contributed by atoms with van der Waals surface area (Å²) >= 11 is 0. The molecule has 0 aliphatic carbocycles. The quantitative estimate of drug-likeness (QED) is 0.661. The number of hydrogen-bond donors (Lipinski definition) is 1. The monoisotopic (exact) mass is 175 g/mol. The van der Waals surface area contributed by atoms with Crippen LogP contribution < -0.4 is 0 Å². The van der Waals surface area contributed by atoms with Gasteiger partial charge in [-0.05, 0) is 26.0 Å². The number of phenolic OH excluding ortho intramolecular Hbond substituents is 1. The number of rotatable bonds is 1. The molecule has 1 aromatic carbocycles. The van der Waals surface area contributed by atoms with E-state index in [1.807, 2.05) is 6.07 Å². The lowest BCUT2D eigenvalue weighted by molar-refractivity contribution is 0.101. The molecule has 0 unspecified atom stereocenters. The molecular formula is C10H9NO2. The van der Waals surface area contributed by atoms with Gasteiger partial charge in [0.1, 0.15) is 5.75 Å². The van der Waals surface area contributed by atoms with Crippen molar-refractivity contribution >= 4 is 5.78 Å². The first-order valence-electron chi connectivity index (χ1n) is 3.81. The van der Waals surface area contributed by atoms with Crippen LogP contribution in [0.4, 0.5) is 0 Å². The van der Waals surface area contributed by atoms with E-state index in [-0.39, 0.29) is 11.5 Å². The average Bonchev–Trinajstić information content (AvgIpc) is 2.09. The van der Waals surface area contributed by atoms with E-state index < -0.39 is 0 Å². The maximum atomic E-state index is 11.1. The van der Waals surface area contributed by atoms with Gasteiger partial charge in [0.15, 0.2) is 5.78 Å². The fourth-order valence-corrected chi connectivity index (χ4v) is 1.13. The van der Waals surface area contributed by atoms with Gasteiger partial charge in [0.05, 0.1) is 11.6 Å². The van der Waals surface area contributed by atoms with Crippen molar-refractivity contribution in [3.8, 4) is 11.8 Å². The molecule has 1 rings (SSSR count). The highest BCUT2D eigenvalue weighted by Crippen LogP contribution is 2.22. The second-order valence-corrected chi connectivity index (χ2v) is 2.84. The Balaban J connectivity index is 3.44. The molecule has 0 aliphatic heterocycles. The van der Waals surface area contributed by atoms with Crippen LogP contribution in [-0.2, 0) is 0 Å². The molecule has 0 aliphatic rings. The molecule has 0 saturated carbocycles. The highest BCUT2D eigenvalue weighted by atomic mass is 16.3. The maximum absolute atomic E-state index is 11.1. The Morgan fingerprint density at radius 2 is 2.15 bits per heavy atom. The third-order valence-electron chi connectivity index (χ3n) is 1.89. The van der Waals surface area contributed by atoms with E-state index in [0.29, 0.717) is 16.7 Å². The molecule has 66 valence electrons. The molecule has 0 spiro atoms. The smallest absolute Gasteiger partial charge is 0.160 e. The highest BCUT2D eigenvalue weighted by Gasteiger charge is 2.09. The number of carbonyl (C=O) groups is 1. The fourth-order valence-electron chi connectivity index (χ4n) is 1.13. The summed E-state index contributed by atoms with van der Waals surface area (Å²) in [5.74, 6) is -0.158. The summed E-state index contributed by atoms with van der Waals surface area (Å²) in [7, 11) is 0. The molecule has 0 aromatic heterocycles. The Labute approximate surface area is 76.2 Å². The van der Waals surface area contributed by atoms with Gasteiger partial charge in [0.2, 0.25) is 0 Å². The minimum Gasteiger partial charge on any atom is -0.508 e. The lowest BCUT2D eigenvalue weighted by Crippen LogP contribution is -1.97. The molecule has 1 N–H and O–H groups in total. The molecular weight excluding hydrogens is 166 g/mol. The minimum absolute atomic E-state index is 0.00995. The van der Waals surface area contributed by atoms with Crippen LogP contribution in [0.1, 0.15) is 28.4 Å². The Morgan fingerprint density at radius 1 is 1.54 bits per heavy atom. The van der Waals surface area contributed by atoms with Gasteiger partial charge in [-0.3, -0.25) is 4.79 Å². The van der Waals surface area contributed by atoms with Crippen LogP contribution >= 0.6 is 0 Å². The molecule has 1 aromatic rings. The van der Waals surface area contributed by atoms with Gasteiger partial charge in [-0.25, -0.2) is 0 Å². The second-order valence-electron chi connectivity index (χ2n) is 2.84. The minimum atomic E-state index is -0.148. The zero-order valence-electron chi connectivity index (χ0n) is 7.46. The van der Waals surface area contributed by atoms with Crippen LogP contribution in [0.3, 0.4) is 0 Å². The fraction of sp³-hybridized carbons (Fsp3) is 0.200. The van der Waals surface area contributed by atoms with Crippen LogP contribution in [0.25, 0.3) is 0 Å². The standard InChI is InChI=1S/C10H9NO2/c1-6-9(7(2)12)3-8(5-11)4-10(6)13/h3-4,13H,1-2H3. The van der Waals surface area contributed by atoms with E-state index in [0.717, 1.165) is 0 Å². The van der Waals surface area contributed by atoms with E-state index in [2.05, 4.69) is 0 Å². The molecule has 0 atom stereocenters. The zero-order chi connectivity index (χ0) is 10.0. The summed E-state index contributed by atoms with van der Waals surface area (Å²) in [6.45, 7) is 3.05. The van der Waals surface area contributed by atoms with Gasteiger partial charge in [0.25, 0.3) is 0 Å². The van der Waals surface area contributed by atoms with Gasteiger partial charge in [-0.1, -0.05) is 0 Å². The predicted molar refractivity (Wildman–Crippen MR) is 47.6 cm³/mol. The number of phenols is 1. The zero-order valence-corrected chi connectivity index (χ0v) is 7.46. The van der Waals surface area contributed by atoms with Crippen molar-refractivity contribution in [2.45, 2.75) is 13.8 Å². The van der Waals surface area contributed by atoms with Crippen molar-refractivity contribution in [3.63, 3.8) is 0 Å². The average molecular weight is 175 g/mol. The van der Waals surface area contributed by atoms with E-state index >= 15 is 0 Å². The van der Waals surface area contributed by atoms with Crippen molar-refractivity contribution in [1.29, 1.82) is 5.26 Å². The van der Waals surface area contributed by atoms with E-state index in [9.17, 15) is 9.90 Å². The van der Waals surface area contributed by atoms with Crippen LogP contribution in [0.15, 0.2) is 12.1 Å². The molecule has 13 heavy (non-hydrogen) atoms. The first-order chi connectivity index (χ1) is 6.06. The van der Waals surface area contributed by atoms with Gasteiger partial charge in [0, 0.05) is 11.1 Å². The summed E-state index contributed by atoms with van der Waals surface area (Å²) in [6, 6.07) is 4.71. The van der Waals surface area contributed by atoms with Gasteiger partial charge >= 0.3 is 0 Å². The lowest BCUT2D eigenvalue weighted by atomic mass is 10.0. The number of nitrogens with zero attached hydrogens (tertiary/aromatic N) is 1. The lowest BCUT2D eigenvalue weighted by Gasteiger charge is -2.04. The summed E-state index contributed by atoms with van der Waals surface area (Å²) in [5, 5.41) is 17.9. The topological polar surface area (TPSA) is 61.1 Å². The third-order valence-corrected chi connectivity index (χ3v) is 1.89. The van der Waals surface area contributed by atoms with Gasteiger partial charge < -0.3 is 5.11 Å². The van der Waals surface area contributed by atoms with Gasteiger partial charge in [-0.15, -0.1) is 0 Å². The van der Waals surface area contributed by atoms with Crippen molar-refractivity contribution < 1.29 is 9.90 Å². The number of Topliss-reactive ketones (excluding diaryl/α,β-unsaturated/α-hetero) is 1. The third kappa shape index (κ3) is 1.67. The van der Waals surface area contributed by atoms with E-state index in [1.165, 1.54) is 19.1 Å². The molecule has 3 nitrogen and oxygen atoms in total. The van der Waals surface area contributed by atoms with Crippen LogP contribution in [0, 0.1) is 18.3 Å². The Kier molecular flexibility index (Phi) is 2.34. The Hall–Kier alpha value is -1.82. The molecule has 0 saturated heterocycles. The number of ketones is 1. The summed E-state index contributed by atoms with van der Waals surface area (Å²) in [5.41, 5.74) is 1.22. The molecule has 0 radical (unpaired) electrons.